The molecule has 0 unspecified atom stereocenters. The zero-order valence-corrected chi connectivity index (χ0v) is 44.4. The molecule has 6 aromatic rings. The van der Waals surface area contributed by atoms with E-state index in [2.05, 4.69) is 52.7 Å². The van der Waals surface area contributed by atoms with Gasteiger partial charge in [-0.2, -0.15) is 0 Å². The Morgan fingerprint density at radius 1 is 0.356 bits per heavy atom. The first kappa shape index (κ1) is 54.9. The molecule has 0 saturated carbocycles. The number of aryl methyl sites for hydroxylation is 6. The van der Waals surface area contributed by atoms with Gasteiger partial charge in [0.05, 0.1) is 19.8 Å². The van der Waals surface area contributed by atoms with Crippen molar-refractivity contribution in [3.63, 3.8) is 0 Å². The van der Waals surface area contributed by atoms with Crippen molar-refractivity contribution in [1.29, 1.82) is 0 Å². The van der Waals surface area contributed by atoms with E-state index in [4.69, 9.17) is 14.2 Å². The minimum absolute atomic E-state index is 0.412. The highest BCUT2D eigenvalue weighted by Gasteiger charge is 2.32. The van der Waals surface area contributed by atoms with Crippen molar-refractivity contribution in [3.05, 3.63) is 159 Å². The van der Waals surface area contributed by atoms with Crippen LogP contribution in [0.4, 0.5) is 48.5 Å². The minimum Gasteiger partial charge on any atom is -0.493 e. The van der Waals surface area contributed by atoms with Crippen LogP contribution in [0.3, 0.4) is 0 Å². The Kier molecular flexibility index (Phi) is 20.6. The summed E-state index contributed by atoms with van der Waals surface area (Å²) in [4.78, 5) is 41.6. The molecule has 12 heteroatoms. The van der Waals surface area contributed by atoms with Crippen LogP contribution in [0, 0.1) is 41.5 Å². The SMILES string of the molecule is CCCCCOc1c(C)cc(NC(=O)Nc2ccc(C)cc2)cc1C(c1cc(NC(=O)Nc2ccc(C)cc2)cc(C)c1OCCCCC)c1cc(NC(=O)Nc2ccc(C)cc2)cc(C)c1OCCCCC. The van der Waals surface area contributed by atoms with Crippen LogP contribution in [0.1, 0.15) is 135 Å². The second-order valence-corrected chi connectivity index (χ2v) is 19.1. The molecule has 0 radical (unpaired) electrons. The number of nitrogens with one attached hydrogen (secondary N) is 6. The minimum atomic E-state index is -0.731. The van der Waals surface area contributed by atoms with Gasteiger partial charge in [-0.25, -0.2) is 14.4 Å². The molecule has 12 nitrogen and oxygen atoms in total. The van der Waals surface area contributed by atoms with Crippen molar-refractivity contribution in [3.8, 4) is 17.2 Å². The fourth-order valence-corrected chi connectivity index (χ4v) is 8.73. The number of hydrogen-bond donors (Lipinski definition) is 6. The van der Waals surface area contributed by atoms with Crippen molar-refractivity contribution in [2.45, 2.75) is 126 Å². The molecule has 6 rings (SSSR count). The van der Waals surface area contributed by atoms with Gasteiger partial charge in [-0.1, -0.05) is 112 Å². The van der Waals surface area contributed by atoms with Crippen LogP contribution in [0.5, 0.6) is 17.2 Å². The first-order valence-electron chi connectivity index (χ1n) is 26.0. The van der Waals surface area contributed by atoms with E-state index >= 15 is 0 Å². The summed E-state index contributed by atoms with van der Waals surface area (Å²) in [6, 6.07) is 33.3. The molecule has 0 saturated heterocycles. The number of hydrogen-bond acceptors (Lipinski definition) is 6. The third kappa shape index (κ3) is 16.3. The molecule has 0 atom stereocenters. The molecule has 6 aromatic carbocycles. The Morgan fingerprint density at radius 2 is 0.603 bits per heavy atom. The number of urea groups is 3. The van der Waals surface area contributed by atoms with Crippen LogP contribution in [0.25, 0.3) is 0 Å². The number of amides is 6. The summed E-state index contributed by atoms with van der Waals surface area (Å²) in [7, 11) is 0. The molecule has 0 heterocycles. The average molecular weight is 989 g/mol. The maximum Gasteiger partial charge on any atom is 0.323 e. The standard InChI is InChI=1S/C61H76N6O6/c1-10-13-16-31-71-56-43(7)34-49(65-59(68)62-46-25-19-40(4)20-26-46)37-52(56)55(53-38-50(35-44(8)57(53)72-32-17-14-11-2)66-60(69)63-47-27-21-41(5)22-28-47)54-39-51(36-45(9)58(54)73-33-18-15-12-3)67-61(70)64-48-29-23-42(6)24-30-48/h19-30,34-39,55H,10-18,31-33H2,1-9H3,(H2,62,65,68)(H2,63,66,69)(H2,64,67,70). The Bertz CT molecular complexity index is 2470. The zero-order chi connectivity index (χ0) is 52.3. The van der Waals surface area contributed by atoms with E-state index < -0.39 is 24.0 Å². The summed E-state index contributed by atoms with van der Waals surface area (Å²) >= 11 is 0. The maximum atomic E-state index is 13.9. The number of benzene rings is 6. The number of unbranched alkanes of at least 4 members (excludes halogenated alkanes) is 6. The third-order valence-corrected chi connectivity index (χ3v) is 12.5. The topological polar surface area (TPSA) is 151 Å². The predicted molar refractivity (Wildman–Crippen MR) is 301 cm³/mol. The largest absolute Gasteiger partial charge is 0.493 e. The predicted octanol–water partition coefficient (Wildman–Crippen LogP) is 16.4. The summed E-state index contributed by atoms with van der Waals surface area (Å²) in [6.45, 7) is 19.8. The molecule has 0 aliphatic heterocycles. The number of anilines is 6. The molecular formula is C61H76N6O6. The quantitative estimate of drug-likeness (QED) is 0.0262. The van der Waals surface area contributed by atoms with Gasteiger partial charge in [-0.15, -0.1) is 0 Å². The highest BCUT2D eigenvalue weighted by Crippen LogP contribution is 2.49. The van der Waals surface area contributed by atoms with Crippen LogP contribution in [0.2, 0.25) is 0 Å². The van der Waals surface area contributed by atoms with Crippen molar-refractivity contribution in [1.82, 2.24) is 0 Å². The highest BCUT2D eigenvalue weighted by atomic mass is 16.5. The van der Waals surface area contributed by atoms with Gasteiger partial charge in [-0.05, 0) is 150 Å². The average Bonchev–Trinajstić information content (AvgIpc) is 3.34. The van der Waals surface area contributed by atoms with Gasteiger partial charge in [0.15, 0.2) is 0 Å². The Morgan fingerprint density at radius 3 is 0.849 bits per heavy atom. The van der Waals surface area contributed by atoms with E-state index in [0.29, 0.717) is 71.2 Å². The van der Waals surface area contributed by atoms with Gasteiger partial charge in [0.2, 0.25) is 0 Å². The molecule has 0 spiro atoms. The van der Waals surface area contributed by atoms with Crippen molar-refractivity contribution >= 4 is 52.2 Å². The second kappa shape index (κ2) is 27.4. The van der Waals surface area contributed by atoms with Crippen molar-refractivity contribution in [2.75, 3.05) is 51.7 Å². The fourth-order valence-electron chi connectivity index (χ4n) is 8.73. The molecule has 0 fully saturated rings. The summed E-state index contributed by atoms with van der Waals surface area (Å²) in [6.07, 6.45) is 8.50. The Hall–Kier alpha value is -7.47. The summed E-state index contributed by atoms with van der Waals surface area (Å²) < 4.78 is 20.7. The molecule has 0 aliphatic carbocycles. The van der Waals surface area contributed by atoms with Crippen LogP contribution in [-0.4, -0.2) is 37.9 Å². The smallest absolute Gasteiger partial charge is 0.323 e. The number of rotatable bonds is 24. The van der Waals surface area contributed by atoms with E-state index in [0.717, 1.165) is 108 Å². The Labute approximate surface area is 433 Å². The van der Waals surface area contributed by atoms with Gasteiger partial charge >= 0.3 is 18.1 Å². The number of ether oxygens (including phenoxy) is 3. The summed E-state index contributed by atoms with van der Waals surface area (Å²) in [5, 5.41) is 18.3. The van der Waals surface area contributed by atoms with Crippen molar-refractivity contribution in [2.24, 2.45) is 0 Å². The molecule has 386 valence electrons. The monoisotopic (exact) mass is 989 g/mol. The summed E-state index contributed by atoms with van der Waals surface area (Å²) in [5.74, 6) is 1.19. The molecular weight excluding hydrogens is 913 g/mol. The lowest BCUT2D eigenvalue weighted by Gasteiger charge is -2.29. The molecule has 0 bridgehead atoms. The van der Waals surface area contributed by atoms with Gasteiger partial charge in [-0.3, -0.25) is 0 Å². The van der Waals surface area contributed by atoms with Gasteiger partial charge < -0.3 is 46.1 Å². The lowest BCUT2D eigenvalue weighted by atomic mass is 9.80. The second-order valence-electron chi connectivity index (χ2n) is 19.1. The van der Waals surface area contributed by atoms with E-state index in [-0.39, 0.29) is 0 Å². The van der Waals surface area contributed by atoms with Crippen LogP contribution >= 0.6 is 0 Å². The lowest BCUT2D eigenvalue weighted by Crippen LogP contribution is -2.21. The first-order valence-corrected chi connectivity index (χ1v) is 26.0. The molecule has 6 N–H and O–H groups in total. The number of carbonyl (C=O) groups excluding carboxylic acids is 3. The highest BCUT2D eigenvalue weighted by molar-refractivity contribution is 6.01. The van der Waals surface area contributed by atoms with E-state index in [9.17, 15) is 14.4 Å². The van der Waals surface area contributed by atoms with E-state index in [1.54, 1.807) is 0 Å². The van der Waals surface area contributed by atoms with E-state index in [1.165, 1.54) is 0 Å². The molecule has 73 heavy (non-hydrogen) atoms. The lowest BCUT2D eigenvalue weighted by molar-refractivity contribution is 0.261. The van der Waals surface area contributed by atoms with E-state index in [1.807, 2.05) is 151 Å². The van der Waals surface area contributed by atoms with Crippen molar-refractivity contribution < 1.29 is 28.6 Å². The van der Waals surface area contributed by atoms with Crippen LogP contribution in [-0.2, 0) is 0 Å². The molecule has 0 aromatic heterocycles. The molecule has 6 amide bonds. The van der Waals surface area contributed by atoms with Crippen LogP contribution < -0.4 is 46.1 Å². The third-order valence-electron chi connectivity index (χ3n) is 12.5. The zero-order valence-electron chi connectivity index (χ0n) is 44.4. The van der Waals surface area contributed by atoms with Gasteiger partial charge in [0, 0.05) is 56.7 Å². The van der Waals surface area contributed by atoms with Gasteiger partial charge in [0.25, 0.3) is 0 Å². The summed E-state index contributed by atoms with van der Waals surface area (Å²) in [5.41, 5.74) is 11.4. The first-order chi connectivity index (χ1) is 35.2. The van der Waals surface area contributed by atoms with Crippen LogP contribution in [0.15, 0.2) is 109 Å². The molecule has 0 aliphatic rings. The normalized spacial score (nSPS) is 10.9. The fraction of sp³-hybridized carbons (Fsp3) is 0.361. The maximum absolute atomic E-state index is 13.9. The number of carbonyl (C=O) groups is 3. The van der Waals surface area contributed by atoms with Gasteiger partial charge in [0.1, 0.15) is 17.2 Å². The Balaban J connectivity index is 1.61.